The minimum atomic E-state index is -4.29. The first-order chi connectivity index (χ1) is 9.24. The normalized spacial score (nSPS) is 11.7. The molecule has 0 N–H and O–H groups in total. The molecule has 0 saturated heterocycles. The number of halogens is 3. The highest BCUT2D eigenvalue weighted by atomic mass is 19.4. The molecular weight excluding hydrogens is 261 g/mol. The van der Waals surface area contributed by atoms with Gasteiger partial charge in [-0.2, -0.15) is 13.2 Å². The minimum Gasteiger partial charge on any atom is -0.166 e. The maximum absolute atomic E-state index is 12.8. The van der Waals surface area contributed by atoms with Gasteiger partial charge in [0.2, 0.25) is 0 Å². The van der Waals surface area contributed by atoms with Crippen molar-refractivity contribution in [2.45, 2.75) is 33.4 Å². The standard InChI is InChI=1S/C17H17F3/c1-11-4-12(2)6-14(5-11)9-15-7-13(3)8-16(10-15)17(18,19)20/h4-8,10H,9H2,1-3H3. The molecule has 0 radical (unpaired) electrons. The van der Waals surface area contributed by atoms with Gasteiger partial charge in [-0.05, 0) is 50.5 Å². The van der Waals surface area contributed by atoms with Gasteiger partial charge in [-0.3, -0.25) is 0 Å². The SMILES string of the molecule is Cc1cc(C)cc(Cc2cc(C)cc(C(F)(F)F)c2)c1. The van der Waals surface area contributed by atoms with Crippen LogP contribution in [0.5, 0.6) is 0 Å². The van der Waals surface area contributed by atoms with Gasteiger partial charge in [0.05, 0.1) is 5.56 Å². The van der Waals surface area contributed by atoms with E-state index in [0.717, 1.165) is 16.7 Å². The third-order valence-electron chi connectivity index (χ3n) is 3.15. The molecule has 0 atom stereocenters. The molecular formula is C17H17F3. The number of benzene rings is 2. The van der Waals surface area contributed by atoms with Crippen molar-refractivity contribution in [3.63, 3.8) is 0 Å². The summed E-state index contributed by atoms with van der Waals surface area (Å²) in [4.78, 5) is 0. The summed E-state index contributed by atoms with van der Waals surface area (Å²) < 4.78 is 38.4. The lowest BCUT2D eigenvalue weighted by Gasteiger charge is -2.11. The number of hydrogen-bond donors (Lipinski definition) is 0. The van der Waals surface area contributed by atoms with Gasteiger partial charge in [0, 0.05) is 0 Å². The van der Waals surface area contributed by atoms with Crippen molar-refractivity contribution in [1.29, 1.82) is 0 Å². The maximum atomic E-state index is 12.8. The van der Waals surface area contributed by atoms with Crippen molar-refractivity contribution < 1.29 is 13.2 Å². The Labute approximate surface area is 117 Å². The number of hydrogen-bond acceptors (Lipinski definition) is 0. The van der Waals surface area contributed by atoms with Crippen molar-refractivity contribution >= 4 is 0 Å². The van der Waals surface area contributed by atoms with Crippen molar-refractivity contribution in [2.24, 2.45) is 0 Å². The second-order valence-corrected chi connectivity index (χ2v) is 5.38. The van der Waals surface area contributed by atoms with E-state index in [1.54, 1.807) is 6.92 Å². The van der Waals surface area contributed by atoms with Crippen LogP contribution in [-0.4, -0.2) is 0 Å². The van der Waals surface area contributed by atoms with Crippen LogP contribution in [0.25, 0.3) is 0 Å². The Bertz CT molecular complexity index is 604. The van der Waals surface area contributed by atoms with Gasteiger partial charge in [0.15, 0.2) is 0 Å². The van der Waals surface area contributed by atoms with Crippen LogP contribution in [0.4, 0.5) is 13.2 Å². The van der Waals surface area contributed by atoms with Crippen molar-refractivity contribution in [3.05, 3.63) is 69.8 Å². The molecule has 3 heteroatoms. The Balaban J connectivity index is 2.36. The summed E-state index contributed by atoms with van der Waals surface area (Å²) in [7, 11) is 0. The minimum absolute atomic E-state index is 0.521. The first-order valence-electron chi connectivity index (χ1n) is 6.49. The lowest BCUT2D eigenvalue weighted by Crippen LogP contribution is -2.06. The van der Waals surface area contributed by atoms with E-state index in [1.165, 1.54) is 12.1 Å². The van der Waals surface area contributed by atoms with Crippen molar-refractivity contribution in [2.75, 3.05) is 0 Å². The lowest BCUT2D eigenvalue weighted by atomic mass is 9.98. The Morgan fingerprint density at radius 1 is 0.700 bits per heavy atom. The zero-order valence-corrected chi connectivity index (χ0v) is 11.8. The average molecular weight is 278 g/mol. The van der Waals surface area contributed by atoms with Gasteiger partial charge < -0.3 is 0 Å². The monoisotopic (exact) mass is 278 g/mol. The molecule has 0 amide bonds. The average Bonchev–Trinajstić information content (AvgIpc) is 2.25. The molecule has 0 fully saturated rings. The molecule has 0 unspecified atom stereocenters. The largest absolute Gasteiger partial charge is 0.416 e. The molecule has 0 spiro atoms. The van der Waals surface area contributed by atoms with Crippen LogP contribution >= 0.6 is 0 Å². The molecule has 20 heavy (non-hydrogen) atoms. The van der Waals surface area contributed by atoms with E-state index >= 15 is 0 Å². The van der Waals surface area contributed by atoms with Gasteiger partial charge in [0.1, 0.15) is 0 Å². The first kappa shape index (κ1) is 14.6. The Kier molecular flexibility index (Phi) is 3.89. The summed E-state index contributed by atoms with van der Waals surface area (Å²) in [5.74, 6) is 0. The summed E-state index contributed by atoms with van der Waals surface area (Å²) in [6, 6.07) is 10.3. The van der Waals surface area contributed by atoms with Crippen LogP contribution in [-0.2, 0) is 12.6 Å². The Morgan fingerprint density at radius 3 is 1.65 bits per heavy atom. The Morgan fingerprint density at radius 2 is 1.15 bits per heavy atom. The van der Waals surface area contributed by atoms with Gasteiger partial charge in [-0.1, -0.05) is 41.0 Å². The van der Waals surface area contributed by atoms with Crippen molar-refractivity contribution in [3.8, 4) is 0 Å². The molecule has 0 nitrogen and oxygen atoms in total. The van der Waals surface area contributed by atoms with E-state index in [-0.39, 0.29) is 0 Å². The van der Waals surface area contributed by atoms with Gasteiger partial charge in [0.25, 0.3) is 0 Å². The van der Waals surface area contributed by atoms with Crippen LogP contribution in [0.2, 0.25) is 0 Å². The van der Waals surface area contributed by atoms with Crippen LogP contribution in [0, 0.1) is 20.8 Å². The summed E-state index contributed by atoms with van der Waals surface area (Å²) >= 11 is 0. The molecule has 2 rings (SSSR count). The molecule has 106 valence electrons. The van der Waals surface area contributed by atoms with E-state index < -0.39 is 11.7 Å². The summed E-state index contributed by atoms with van der Waals surface area (Å²) in [6.07, 6.45) is -3.77. The topological polar surface area (TPSA) is 0 Å². The van der Waals surface area contributed by atoms with E-state index in [0.29, 0.717) is 17.5 Å². The summed E-state index contributed by atoms with van der Waals surface area (Å²) in [5.41, 5.74) is 4.06. The molecule has 2 aromatic rings. The maximum Gasteiger partial charge on any atom is 0.416 e. The molecule has 0 saturated carbocycles. The van der Waals surface area contributed by atoms with E-state index in [1.807, 2.05) is 32.0 Å². The number of aryl methyl sites for hydroxylation is 3. The second kappa shape index (κ2) is 5.31. The first-order valence-corrected chi connectivity index (χ1v) is 6.49. The molecule has 0 aliphatic rings. The predicted molar refractivity (Wildman–Crippen MR) is 74.9 cm³/mol. The highest BCUT2D eigenvalue weighted by Gasteiger charge is 2.30. The molecule has 0 heterocycles. The fraction of sp³-hybridized carbons (Fsp3) is 0.294. The van der Waals surface area contributed by atoms with Crippen LogP contribution < -0.4 is 0 Å². The van der Waals surface area contributed by atoms with E-state index in [9.17, 15) is 13.2 Å². The number of rotatable bonds is 2. The molecule has 0 aliphatic heterocycles. The zero-order chi connectivity index (χ0) is 14.9. The smallest absolute Gasteiger partial charge is 0.166 e. The zero-order valence-electron chi connectivity index (χ0n) is 11.8. The molecule has 2 aromatic carbocycles. The van der Waals surface area contributed by atoms with Crippen LogP contribution in [0.3, 0.4) is 0 Å². The molecule has 0 bridgehead atoms. The lowest BCUT2D eigenvalue weighted by molar-refractivity contribution is -0.137. The fourth-order valence-electron chi connectivity index (χ4n) is 2.53. The van der Waals surface area contributed by atoms with Crippen LogP contribution in [0.1, 0.15) is 33.4 Å². The summed E-state index contributed by atoms with van der Waals surface area (Å²) in [6.45, 7) is 5.68. The van der Waals surface area contributed by atoms with Gasteiger partial charge in [-0.15, -0.1) is 0 Å². The second-order valence-electron chi connectivity index (χ2n) is 5.38. The molecule has 0 aliphatic carbocycles. The quantitative estimate of drug-likeness (QED) is 0.706. The van der Waals surface area contributed by atoms with Gasteiger partial charge in [-0.25, -0.2) is 0 Å². The molecule has 0 aromatic heterocycles. The van der Waals surface area contributed by atoms with E-state index in [2.05, 4.69) is 6.07 Å². The highest BCUT2D eigenvalue weighted by Crippen LogP contribution is 2.31. The third-order valence-corrected chi connectivity index (χ3v) is 3.15. The van der Waals surface area contributed by atoms with Gasteiger partial charge >= 0.3 is 6.18 Å². The van der Waals surface area contributed by atoms with Crippen LogP contribution in [0.15, 0.2) is 36.4 Å². The summed E-state index contributed by atoms with van der Waals surface area (Å²) in [5, 5.41) is 0. The number of alkyl halides is 3. The predicted octanol–water partition coefficient (Wildman–Crippen LogP) is 5.22. The Hall–Kier alpha value is -1.77. The third kappa shape index (κ3) is 3.62. The van der Waals surface area contributed by atoms with Crippen molar-refractivity contribution in [1.82, 2.24) is 0 Å². The highest BCUT2D eigenvalue weighted by molar-refractivity contribution is 5.37. The van der Waals surface area contributed by atoms with E-state index in [4.69, 9.17) is 0 Å². The fourth-order valence-corrected chi connectivity index (χ4v) is 2.53.